The van der Waals surface area contributed by atoms with Crippen LogP contribution >= 0.6 is 0 Å². The van der Waals surface area contributed by atoms with E-state index in [0.717, 1.165) is 11.0 Å². The van der Waals surface area contributed by atoms with E-state index in [0.29, 0.717) is 0 Å². The molecule has 1 aromatic rings. The lowest BCUT2D eigenvalue weighted by atomic mass is 10.1. The lowest BCUT2D eigenvalue weighted by Gasteiger charge is -2.20. The number of nitriles is 1. The first-order valence-corrected chi connectivity index (χ1v) is 5.25. The molecule has 0 aliphatic heterocycles. The number of halogens is 3. The van der Waals surface area contributed by atoms with E-state index in [2.05, 4.69) is 0 Å². The van der Waals surface area contributed by atoms with Gasteiger partial charge in [0.25, 0.3) is 5.91 Å². The molecule has 0 aliphatic carbocycles. The zero-order chi connectivity index (χ0) is 13.7. The fraction of sp³-hybridized carbons (Fsp3) is 0.333. The van der Waals surface area contributed by atoms with Gasteiger partial charge in [-0.3, -0.25) is 4.79 Å². The summed E-state index contributed by atoms with van der Waals surface area (Å²) in [6.45, 7) is 1.35. The summed E-state index contributed by atoms with van der Waals surface area (Å²) < 4.78 is 38.0. The molecule has 1 amide bonds. The maximum atomic E-state index is 13.5. The Morgan fingerprint density at radius 2 is 2.17 bits per heavy atom. The van der Waals surface area contributed by atoms with Crippen LogP contribution in [0.2, 0.25) is 0 Å². The molecule has 0 radical (unpaired) electrons. The Kier molecular flexibility index (Phi) is 4.72. The van der Waals surface area contributed by atoms with Crippen molar-refractivity contribution in [2.45, 2.75) is 19.9 Å². The van der Waals surface area contributed by atoms with Gasteiger partial charge in [0.1, 0.15) is 5.82 Å². The summed E-state index contributed by atoms with van der Waals surface area (Å²) in [5, 5.41) is 8.56. The van der Waals surface area contributed by atoms with Crippen molar-refractivity contribution in [3.63, 3.8) is 0 Å². The van der Waals surface area contributed by atoms with E-state index in [1.54, 1.807) is 6.07 Å². The summed E-state index contributed by atoms with van der Waals surface area (Å²) in [4.78, 5) is 12.0. The fourth-order valence-electron chi connectivity index (χ4n) is 1.43. The van der Waals surface area contributed by atoms with Crippen molar-refractivity contribution in [3.8, 4) is 6.07 Å². The van der Waals surface area contributed by atoms with E-state index in [1.807, 2.05) is 0 Å². The van der Waals surface area contributed by atoms with Crippen LogP contribution in [0, 0.1) is 17.1 Å². The third-order valence-electron chi connectivity index (χ3n) is 2.42. The molecule has 0 saturated carbocycles. The van der Waals surface area contributed by atoms with Gasteiger partial charge in [-0.2, -0.15) is 14.0 Å². The lowest BCUT2D eigenvalue weighted by molar-refractivity contribution is -0.143. The normalized spacial score (nSPS) is 10.2. The van der Waals surface area contributed by atoms with Crippen LogP contribution in [0.4, 0.5) is 13.2 Å². The van der Waals surface area contributed by atoms with Crippen molar-refractivity contribution >= 4 is 5.91 Å². The minimum Gasteiger partial charge on any atom is -0.334 e. The molecular weight excluding hydrogens is 245 g/mol. The molecule has 0 saturated heterocycles. The monoisotopic (exact) mass is 256 g/mol. The topological polar surface area (TPSA) is 44.1 Å². The third-order valence-corrected chi connectivity index (χ3v) is 2.42. The van der Waals surface area contributed by atoms with Gasteiger partial charge in [0.05, 0.1) is 11.6 Å². The Morgan fingerprint density at radius 1 is 1.50 bits per heavy atom. The smallest absolute Gasteiger partial charge is 0.315 e. The highest BCUT2D eigenvalue weighted by atomic mass is 19.3. The molecule has 0 heterocycles. The van der Waals surface area contributed by atoms with E-state index >= 15 is 0 Å². The molecule has 3 nitrogen and oxygen atoms in total. The Balaban J connectivity index is 2.89. The van der Waals surface area contributed by atoms with E-state index < -0.39 is 18.1 Å². The summed E-state index contributed by atoms with van der Waals surface area (Å²) in [5.41, 5.74) is 0.240. The van der Waals surface area contributed by atoms with Gasteiger partial charge in [-0.15, -0.1) is 0 Å². The van der Waals surface area contributed by atoms with Crippen molar-refractivity contribution in [1.29, 1.82) is 5.26 Å². The number of rotatable bonds is 4. The molecule has 1 rings (SSSR count). The molecule has 18 heavy (non-hydrogen) atoms. The maximum Gasteiger partial charge on any atom is 0.315 e. The molecule has 6 heteroatoms. The van der Waals surface area contributed by atoms with Crippen LogP contribution in [0.1, 0.15) is 18.1 Å². The van der Waals surface area contributed by atoms with Crippen molar-refractivity contribution in [2.24, 2.45) is 0 Å². The quantitative estimate of drug-likeness (QED) is 0.829. The average molecular weight is 256 g/mol. The van der Waals surface area contributed by atoms with Crippen molar-refractivity contribution < 1.29 is 18.0 Å². The Bertz CT molecular complexity index is 483. The van der Waals surface area contributed by atoms with Crippen LogP contribution in [0.5, 0.6) is 0 Å². The summed E-state index contributed by atoms with van der Waals surface area (Å²) in [6.07, 6.45) is -3.11. The zero-order valence-electron chi connectivity index (χ0n) is 9.66. The van der Waals surface area contributed by atoms with Crippen molar-refractivity contribution in [1.82, 2.24) is 4.90 Å². The number of carbonyl (C=O) groups excluding carboxylic acids is 1. The molecule has 0 fully saturated rings. The molecule has 0 bridgehead atoms. The van der Waals surface area contributed by atoms with Gasteiger partial charge in [-0.05, 0) is 19.1 Å². The number of hydrogen-bond donors (Lipinski definition) is 0. The molecule has 1 aromatic carbocycles. The number of nitrogens with zero attached hydrogens (tertiary/aromatic N) is 2. The first-order valence-electron chi connectivity index (χ1n) is 5.25. The summed E-state index contributed by atoms with van der Waals surface area (Å²) in [5.74, 6) is -2.02. The van der Waals surface area contributed by atoms with E-state index in [4.69, 9.17) is 5.26 Å². The van der Waals surface area contributed by atoms with Gasteiger partial charge < -0.3 is 4.90 Å². The Hall–Kier alpha value is -2.03. The Morgan fingerprint density at radius 3 is 2.61 bits per heavy atom. The molecule has 96 valence electrons. The number of hydrogen-bond acceptors (Lipinski definition) is 2. The Labute approximate surface area is 102 Å². The molecule has 0 aliphatic rings. The molecule has 0 atom stereocenters. The second-order valence-corrected chi connectivity index (χ2v) is 3.57. The zero-order valence-corrected chi connectivity index (χ0v) is 9.66. The second kappa shape index (κ2) is 6.05. The highest BCUT2D eigenvalue weighted by Gasteiger charge is 2.22. The van der Waals surface area contributed by atoms with E-state index in [1.165, 1.54) is 19.1 Å². The predicted molar refractivity (Wildman–Crippen MR) is 58.2 cm³/mol. The largest absolute Gasteiger partial charge is 0.334 e. The highest BCUT2D eigenvalue weighted by Crippen LogP contribution is 2.14. The first kappa shape index (κ1) is 14.0. The summed E-state index contributed by atoms with van der Waals surface area (Å²) >= 11 is 0. The number of amides is 1. The lowest BCUT2D eigenvalue weighted by Crippen LogP contribution is -2.35. The molecule has 0 spiro atoms. The minimum atomic E-state index is -3.11. The fourth-order valence-corrected chi connectivity index (χ4v) is 1.43. The molecule has 0 unspecified atom stereocenters. The summed E-state index contributed by atoms with van der Waals surface area (Å²) in [6, 6.07) is 5.46. The average Bonchev–Trinajstić information content (AvgIpc) is 2.36. The summed E-state index contributed by atoms with van der Waals surface area (Å²) in [7, 11) is 0. The number of carbonyl (C=O) groups is 1. The van der Waals surface area contributed by atoms with Gasteiger partial charge in [-0.1, -0.05) is 6.07 Å². The number of benzene rings is 1. The number of alkyl halides is 2. The van der Waals surface area contributed by atoms with Gasteiger partial charge in [0.2, 0.25) is 0 Å². The standard InChI is InChI=1S/C12H11F3N2O/c1-2-17(12(18)11(14)15)7-9-4-3-8(6-16)5-10(9)13/h3-5,11H,2,7H2,1H3. The predicted octanol–water partition coefficient (Wildman–Crippen LogP) is 2.31. The second-order valence-electron chi connectivity index (χ2n) is 3.57. The molecule has 0 aromatic heterocycles. The minimum absolute atomic E-state index is 0.0581. The van der Waals surface area contributed by atoms with Crippen LogP contribution in [-0.4, -0.2) is 23.8 Å². The van der Waals surface area contributed by atoms with Gasteiger partial charge in [0.15, 0.2) is 0 Å². The van der Waals surface area contributed by atoms with E-state index in [9.17, 15) is 18.0 Å². The van der Waals surface area contributed by atoms with Gasteiger partial charge in [0, 0.05) is 18.7 Å². The van der Waals surface area contributed by atoms with Crippen molar-refractivity contribution in [3.05, 3.63) is 35.1 Å². The SMILES string of the molecule is CCN(Cc1ccc(C#N)cc1F)C(=O)C(F)F. The highest BCUT2D eigenvalue weighted by molar-refractivity contribution is 5.79. The molecule has 0 N–H and O–H groups in total. The van der Waals surface area contributed by atoms with Crippen LogP contribution in [-0.2, 0) is 11.3 Å². The van der Waals surface area contributed by atoms with Gasteiger partial charge >= 0.3 is 6.43 Å². The van der Waals surface area contributed by atoms with Crippen molar-refractivity contribution in [2.75, 3.05) is 6.54 Å². The van der Waals surface area contributed by atoms with Crippen LogP contribution in [0.25, 0.3) is 0 Å². The first-order chi connectivity index (χ1) is 8.49. The van der Waals surface area contributed by atoms with Gasteiger partial charge in [-0.25, -0.2) is 4.39 Å². The van der Waals surface area contributed by atoms with Crippen LogP contribution < -0.4 is 0 Å². The van der Waals surface area contributed by atoms with Crippen LogP contribution in [0.15, 0.2) is 18.2 Å². The van der Waals surface area contributed by atoms with Crippen LogP contribution in [0.3, 0.4) is 0 Å². The molecular formula is C12H11F3N2O. The maximum absolute atomic E-state index is 13.5. The van der Waals surface area contributed by atoms with E-state index in [-0.39, 0.29) is 24.2 Å². The third kappa shape index (κ3) is 3.23.